The second kappa shape index (κ2) is 8.09. The number of hydrogen-bond donors (Lipinski definition) is 2. The van der Waals surface area contributed by atoms with Crippen molar-refractivity contribution in [2.45, 2.75) is 6.61 Å². The predicted molar refractivity (Wildman–Crippen MR) is 87.3 cm³/mol. The molecule has 23 heavy (non-hydrogen) atoms. The first-order valence-corrected chi connectivity index (χ1v) is 7.38. The van der Waals surface area contributed by atoms with Crippen LogP contribution in [0.1, 0.15) is 11.1 Å². The lowest BCUT2D eigenvalue weighted by Crippen LogP contribution is -2.27. The highest BCUT2D eigenvalue weighted by Crippen LogP contribution is 2.17. The van der Waals surface area contributed by atoms with Gasteiger partial charge in [-0.25, -0.2) is 9.59 Å². The fourth-order valence-corrected chi connectivity index (χ4v) is 2.04. The van der Waals surface area contributed by atoms with Crippen molar-refractivity contribution in [2.75, 3.05) is 0 Å². The lowest BCUT2D eigenvalue weighted by atomic mass is 10.2. The Bertz CT molecular complexity index is 732. The molecule has 1 aromatic heterocycles. The molecule has 0 saturated carbocycles. The number of carboxylic acids is 1. The molecule has 0 aliphatic heterocycles. The number of carbonyl (C=O) groups is 2. The second-order valence-corrected chi connectivity index (χ2v) is 5.30. The van der Waals surface area contributed by atoms with E-state index >= 15 is 0 Å². The number of ether oxygens (including phenoxy) is 1. The highest BCUT2D eigenvalue weighted by molar-refractivity contribution is 9.10. The monoisotopic (exact) mass is 376 g/mol. The zero-order chi connectivity index (χ0) is 16.7. The Morgan fingerprint density at radius 1 is 1.26 bits per heavy atom. The van der Waals surface area contributed by atoms with Crippen LogP contribution in [0.15, 0.2) is 59.0 Å². The Morgan fingerprint density at radius 3 is 2.65 bits per heavy atom. The third kappa shape index (κ3) is 5.23. The van der Waals surface area contributed by atoms with Crippen LogP contribution in [-0.4, -0.2) is 22.2 Å². The maximum Gasteiger partial charge on any atom is 0.412 e. The molecule has 2 N–H and O–H groups in total. The molecule has 0 atom stereocenters. The SMILES string of the molecule is O=C(NC(=Cc1ccncc1Br)C(=O)O)OCc1ccccc1. The van der Waals surface area contributed by atoms with Gasteiger partial charge in [-0.3, -0.25) is 10.3 Å². The number of nitrogens with one attached hydrogen (secondary N) is 1. The fraction of sp³-hybridized carbons (Fsp3) is 0.0625. The first-order valence-electron chi connectivity index (χ1n) is 6.58. The molecule has 118 valence electrons. The average molecular weight is 377 g/mol. The molecule has 0 spiro atoms. The Kier molecular flexibility index (Phi) is 5.87. The van der Waals surface area contributed by atoms with Gasteiger partial charge in [-0.15, -0.1) is 0 Å². The van der Waals surface area contributed by atoms with Gasteiger partial charge in [0, 0.05) is 16.9 Å². The summed E-state index contributed by atoms with van der Waals surface area (Å²) in [6.45, 7) is 0.0541. The quantitative estimate of drug-likeness (QED) is 0.782. The normalized spacial score (nSPS) is 10.9. The summed E-state index contributed by atoms with van der Waals surface area (Å²) >= 11 is 3.26. The number of pyridine rings is 1. The average Bonchev–Trinajstić information content (AvgIpc) is 2.55. The van der Waals surface area contributed by atoms with E-state index in [1.54, 1.807) is 18.2 Å². The second-order valence-electron chi connectivity index (χ2n) is 4.45. The van der Waals surface area contributed by atoms with E-state index in [9.17, 15) is 14.7 Å². The van der Waals surface area contributed by atoms with Gasteiger partial charge in [-0.05, 0) is 39.2 Å². The first-order chi connectivity index (χ1) is 11.1. The number of benzene rings is 1. The Hall–Kier alpha value is -2.67. The number of amides is 1. The van der Waals surface area contributed by atoms with Crippen LogP contribution in [0.2, 0.25) is 0 Å². The number of nitrogens with zero attached hydrogens (tertiary/aromatic N) is 1. The van der Waals surface area contributed by atoms with Crippen LogP contribution >= 0.6 is 15.9 Å². The van der Waals surface area contributed by atoms with Crippen LogP contribution in [0.5, 0.6) is 0 Å². The summed E-state index contributed by atoms with van der Waals surface area (Å²) in [6.07, 6.45) is 3.52. The molecule has 1 heterocycles. The van der Waals surface area contributed by atoms with E-state index in [0.29, 0.717) is 10.0 Å². The molecule has 0 fully saturated rings. The van der Waals surface area contributed by atoms with Gasteiger partial charge < -0.3 is 9.84 Å². The van der Waals surface area contributed by atoms with Crippen LogP contribution < -0.4 is 5.32 Å². The summed E-state index contributed by atoms with van der Waals surface area (Å²) < 4.78 is 5.61. The Morgan fingerprint density at radius 2 is 2.00 bits per heavy atom. The van der Waals surface area contributed by atoms with Crippen molar-refractivity contribution in [1.82, 2.24) is 10.3 Å². The van der Waals surface area contributed by atoms with E-state index in [1.807, 2.05) is 18.2 Å². The van der Waals surface area contributed by atoms with E-state index < -0.39 is 12.1 Å². The molecule has 0 unspecified atom stereocenters. The van der Waals surface area contributed by atoms with Gasteiger partial charge in [-0.1, -0.05) is 30.3 Å². The number of halogens is 1. The molecule has 2 rings (SSSR count). The number of aliphatic carboxylic acids is 1. The summed E-state index contributed by atoms with van der Waals surface area (Å²) in [5.41, 5.74) is 1.08. The summed E-state index contributed by atoms with van der Waals surface area (Å²) in [5.74, 6) is -1.27. The first kappa shape index (κ1) is 16.7. The standard InChI is InChI=1S/C16H13BrN2O4/c17-13-9-18-7-6-12(13)8-14(15(20)21)19-16(22)23-10-11-4-2-1-3-5-11/h1-9H,10H2,(H,19,22)(H,20,21). The van der Waals surface area contributed by atoms with Gasteiger partial charge in [0.2, 0.25) is 0 Å². The zero-order valence-electron chi connectivity index (χ0n) is 11.9. The van der Waals surface area contributed by atoms with Gasteiger partial charge in [0.15, 0.2) is 0 Å². The molecule has 2 aromatic rings. The molecule has 0 bridgehead atoms. The highest BCUT2D eigenvalue weighted by Gasteiger charge is 2.13. The van der Waals surface area contributed by atoms with Crippen molar-refractivity contribution < 1.29 is 19.4 Å². The smallest absolute Gasteiger partial charge is 0.412 e. The van der Waals surface area contributed by atoms with Gasteiger partial charge in [0.1, 0.15) is 12.3 Å². The van der Waals surface area contributed by atoms with Crippen molar-refractivity contribution >= 4 is 34.1 Å². The molecule has 7 heteroatoms. The third-order valence-electron chi connectivity index (χ3n) is 2.78. The van der Waals surface area contributed by atoms with Crippen molar-refractivity contribution in [1.29, 1.82) is 0 Å². The third-order valence-corrected chi connectivity index (χ3v) is 3.45. The van der Waals surface area contributed by atoms with Crippen LogP contribution in [0.3, 0.4) is 0 Å². The lowest BCUT2D eigenvalue weighted by Gasteiger charge is -2.08. The maximum absolute atomic E-state index is 11.7. The molecule has 1 aromatic carbocycles. The topological polar surface area (TPSA) is 88.5 Å². The summed E-state index contributed by atoms with van der Waals surface area (Å²) in [4.78, 5) is 26.9. The van der Waals surface area contributed by atoms with Crippen LogP contribution in [0.4, 0.5) is 4.79 Å². The molecule has 0 saturated heterocycles. The number of carboxylic acid groups (broad SMARTS) is 1. The molecule has 6 nitrogen and oxygen atoms in total. The van der Waals surface area contributed by atoms with E-state index in [-0.39, 0.29) is 12.3 Å². The Labute approximate surface area is 140 Å². The number of aromatic nitrogens is 1. The van der Waals surface area contributed by atoms with Crippen LogP contribution in [0, 0.1) is 0 Å². The molecule has 0 radical (unpaired) electrons. The van der Waals surface area contributed by atoms with E-state index in [0.717, 1.165) is 5.56 Å². The minimum absolute atomic E-state index is 0.0541. The summed E-state index contributed by atoms with van der Waals surface area (Å²) in [7, 11) is 0. The highest BCUT2D eigenvalue weighted by atomic mass is 79.9. The zero-order valence-corrected chi connectivity index (χ0v) is 13.5. The largest absolute Gasteiger partial charge is 0.477 e. The lowest BCUT2D eigenvalue weighted by molar-refractivity contribution is -0.132. The van der Waals surface area contributed by atoms with Gasteiger partial charge >= 0.3 is 12.1 Å². The molecular weight excluding hydrogens is 364 g/mol. The predicted octanol–water partition coefficient (Wildman–Crippen LogP) is 3.20. The minimum Gasteiger partial charge on any atom is -0.477 e. The van der Waals surface area contributed by atoms with E-state index in [4.69, 9.17) is 4.74 Å². The number of carbonyl (C=O) groups excluding carboxylic acids is 1. The molecular formula is C16H13BrN2O4. The van der Waals surface area contributed by atoms with Crippen molar-refractivity contribution in [3.05, 3.63) is 70.1 Å². The van der Waals surface area contributed by atoms with Crippen LogP contribution in [0.25, 0.3) is 6.08 Å². The van der Waals surface area contributed by atoms with Gasteiger partial charge in [0.25, 0.3) is 0 Å². The summed E-state index contributed by atoms with van der Waals surface area (Å²) in [5, 5.41) is 11.4. The van der Waals surface area contributed by atoms with Gasteiger partial charge in [-0.2, -0.15) is 0 Å². The van der Waals surface area contributed by atoms with E-state index in [1.165, 1.54) is 18.5 Å². The fourth-order valence-electron chi connectivity index (χ4n) is 1.68. The molecule has 0 aliphatic carbocycles. The molecule has 0 aliphatic rings. The van der Waals surface area contributed by atoms with Crippen molar-refractivity contribution in [2.24, 2.45) is 0 Å². The number of hydrogen-bond acceptors (Lipinski definition) is 4. The maximum atomic E-state index is 11.7. The van der Waals surface area contributed by atoms with Crippen molar-refractivity contribution in [3.63, 3.8) is 0 Å². The van der Waals surface area contributed by atoms with E-state index in [2.05, 4.69) is 26.2 Å². The number of rotatable bonds is 5. The van der Waals surface area contributed by atoms with Crippen molar-refractivity contribution in [3.8, 4) is 0 Å². The number of alkyl carbamates (subject to hydrolysis) is 1. The molecule has 1 amide bonds. The Balaban J connectivity index is 2.03. The van der Waals surface area contributed by atoms with Gasteiger partial charge in [0.05, 0.1) is 0 Å². The minimum atomic E-state index is -1.27. The summed E-state index contributed by atoms with van der Waals surface area (Å²) in [6, 6.07) is 10.7. The van der Waals surface area contributed by atoms with Crippen LogP contribution in [-0.2, 0) is 16.1 Å².